The zero-order chi connectivity index (χ0) is 23.7. The highest BCUT2D eigenvalue weighted by Crippen LogP contribution is 2.39. The SMILES string of the molecule is CO[C@H]1[C@H](N)C[C@H](c2ccncc2CC(=O)c2nc(-c3c(F)cccc3F)sc2N)C[C@@H]1C. The molecule has 2 heterocycles. The van der Waals surface area contributed by atoms with Gasteiger partial charge < -0.3 is 16.2 Å². The summed E-state index contributed by atoms with van der Waals surface area (Å²) in [5.41, 5.74) is 13.9. The van der Waals surface area contributed by atoms with E-state index in [9.17, 15) is 13.6 Å². The largest absolute Gasteiger partial charge is 0.389 e. The van der Waals surface area contributed by atoms with Crippen LogP contribution in [0.15, 0.2) is 36.7 Å². The van der Waals surface area contributed by atoms with Crippen molar-refractivity contribution in [3.05, 3.63) is 65.1 Å². The second kappa shape index (κ2) is 9.62. The Bertz CT molecular complexity index is 1140. The van der Waals surface area contributed by atoms with Crippen LogP contribution in [0.1, 0.15) is 47.3 Å². The number of Topliss-reactive ketones (excluding diaryl/α,β-unsaturated/α-hetero) is 1. The molecular formula is C24H26F2N4O2S. The van der Waals surface area contributed by atoms with E-state index in [0.29, 0.717) is 0 Å². The Morgan fingerprint density at radius 3 is 2.64 bits per heavy atom. The highest BCUT2D eigenvalue weighted by atomic mass is 32.1. The lowest BCUT2D eigenvalue weighted by molar-refractivity contribution is 0.00970. The summed E-state index contributed by atoms with van der Waals surface area (Å²) >= 11 is 0.890. The summed E-state index contributed by atoms with van der Waals surface area (Å²) in [6.45, 7) is 2.12. The predicted octanol–water partition coefficient (Wildman–Crippen LogP) is 4.35. The average Bonchev–Trinajstić information content (AvgIpc) is 3.15. The van der Waals surface area contributed by atoms with Crippen molar-refractivity contribution in [2.45, 2.75) is 44.2 Å². The Balaban J connectivity index is 1.59. The molecule has 1 aliphatic carbocycles. The summed E-state index contributed by atoms with van der Waals surface area (Å²) < 4.78 is 33.9. The predicted molar refractivity (Wildman–Crippen MR) is 124 cm³/mol. The Morgan fingerprint density at radius 1 is 1.24 bits per heavy atom. The number of nitrogens with two attached hydrogens (primary N) is 2. The summed E-state index contributed by atoms with van der Waals surface area (Å²) in [5, 5.41) is 0.162. The number of carbonyl (C=O) groups excluding carboxylic acids is 1. The van der Waals surface area contributed by atoms with E-state index >= 15 is 0 Å². The van der Waals surface area contributed by atoms with Crippen LogP contribution in [0.4, 0.5) is 13.8 Å². The maximum absolute atomic E-state index is 14.2. The molecule has 0 unspecified atom stereocenters. The van der Waals surface area contributed by atoms with Gasteiger partial charge in [0.2, 0.25) is 0 Å². The molecule has 0 spiro atoms. The molecule has 3 aromatic rings. The molecule has 0 saturated heterocycles. The lowest BCUT2D eigenvalue weighted by atomic mass is 9.73. The molecule has 4 atom stereocenters. The number of pyridine rings is 1. The molecule has 0 radical (unpaired) electrons. The number of nitrogens with zero attached hydrogens (tertiary/aromatic N) is 2. The van der Waals surface area contributed by atoms with Gasteiger partial charge in [-0.1, -0.05) is 24.3 Å². The first kappa shape index (κ1) is 23.4. The number of carbonyl (C=O) groups is 1. The van der Waals surface area contributed by atoms with E-state index in [4.69, 9.17) is 16.2 Å². The Morgan fingerprint density at radius 2 is 1.97 bits per heavy atom. The van der Waals surface area contributed by atoms with E-state index < -0.39 is 11.6 Å². The van der Waals surface area contributed by atoms with Crippen LogP contribution in [0.2, 0.25) is 0 Å². The first-order chi connectivity index (χ1) is 15.8. The second-order valence-corrected chi connectivity index (χ2v) is 9.54. The van der Waals surface area contributed by atoms with Crippen LogP contribution in [0.3, 0.4) is 0 Å². The smallest absolute Gasteiger partial charge is 0.188 e. The van der Waals surface area contributed by atoms with Crippen LogP contribution in [0.5, 0.6) is 0 Å². The molecule has 0 aliphatic heterocycles. The number of rotatable bonds is 6. The minimum absolute atomic E-state index is 0.000160. The van der Waals surface area contributed by atoms with Crippen molar-refractivity contribution in [3.8, 4) is 10.6 Å². The molecule has 4 N–H and O–H groups in total. The fourth-order valence-corrected chi connectivity index (χ4v) is 5.70. The molecule has 0 bridgehead atoms. The quantitative estimate of drug-likeness (QED) is 0.517. The van der Waals surface area contributed by atoms with Gasteiger partial charge in [-0.25, -0.2) is 13.8 Å². The lowest BCUT2D eigenvalue weighted by Gasteiger charge is -2.38. The third-order valence-electron chi connectivity index (χ3n) is 6.29. The van der Waals surface area contributed by atoms with Crippen molar-refractivity contribution in [1.82, 2.24) is 9.97 Å². The van der Waals surface area contributed by atoms with E-state index in [-0.39, 0.29) is 57.5 Å². The number of thiazole rings is 1. The number of nitrogen functional groups attached to an aromatic ring is 1. The second-order valence-electron chi connectivity index (χ2n) is 8.51. The molecular weight excluding hydrogens is 446 g/mol. The molecule has 4 rings (SSSR count). The van der Waals surface area contributed by atoms with Gasteiger partial charge in [-0.05, 0) is 54.0 Å². The molecule has 9 heteroatoms. The van der Waals surface area contributed by atoms with Crippen LogP contribution in [-0.2, 0) is 11.2 Å². The standard InChI is InChI=1S/C24H26F2N4O2S/c1-12-8-13(9-18(27)22(12)32-2)15-6-7-29-11-14(15)10-19(31)21-23(28)33-24(30-21)20-16(25)4-3-5-17(20)26/h3-7,11-13,18,22H,8-10,27-28H2,1-2H3/t12-,13+,18+,22+/m0/s1. The van der Waals surface area contributed by atoms with Gasteiger partial charge in [0.1, 0.15) is 27.3 Å². The maximum Gasteiger partial charge on any atom is 0.188 e. The number of hydrogen-bond acceptors (Lipinski definition) is 7. The van der Waals surface area contributed by atoms with E-state index in [2.05, 4.69) is 16.9 Å². The highest BCUT2D eigenvalue weighted by molar-refractivity contribution is 7.19. The van der Waals surface area contributed by atoms with E-state index in [1.54, 1.807) is 19.5 Å². The number of ketones is 1. The molecule has 1 aromatic carbocycles. The van der Waals surface area contributed by atoms with Gasteiger partial charge in [-0.15, -0.1) is 0 Å². The van der Waals surface area contributed by atoms with Crippen LogP contribution in [0.25, 0.3) is 10.6 Å². The van der Waals surface area contributed by atoms with Gasteiger partial charge in [0.15, 0.2) is 5.78 Å². The number of hydrogen-bond donors (Lipinski definition) is 2. The number of halogens is 2. The van der Waals surface area contributed by atoms with Crippen LogP contribution < -0.4 is 11.5 Å². The summed E-state index contributed by atoms with van der Waals surface area (Å²) in [6.07, 6.45) is 5.03. The maximum atomic E-state index is 14.2. The molecule has 1 saturated carbocycles. The third-order valence-corrected chi connectivity index (χ3v) is 7.20. The Hall–Kier alpha value is -2.75. The molecule has 174 valence electrons. The molecule has 1 aliphatic rings. The monoisotopic (exact) mass is 472 g/mol. The van der Waals surface area contributed by atoms with Crippen molar-refractivity contribution >= 4 is 22.1 Å². The first-order valence-corrected chi connectivity index (χ1v) is 11.6. The van der Waals surface area contributed by atoms with Crippen molar-refractivity contribution in [2.24, 2.45) is 11.7 Å². The third kappa shape index (κ3) is 4.66. The van der Waals surface area contributed by atoms with E-state index in [0.717, 1.165) is 47.4 Å². The van der Waals surface area contributed by atoms with Gasteiger partial charge in [0.05, 0.1) is 11.7 Å². The highest BCUT2D eigenvalue weighted by Gasteiger charge is 2.35. The Kier molecular flexibility index (Phi) is 6.83. The minimum atomic E-state index is -0.755. The molecule has 6 nitrogen and oxygen atoms in total. The van der Waals surface area contributed by atoms with E-state index in [1.165, 1.54) is 6.07 Å². The fraction of sp³-hybridized carbons (Fsp3) is 0.375. The van der Waals surface area contributed by atoms with Crippen molar-refractivity contribution < 1.29 is 18.3 Å². The van der Waals surface area contributed by atoms with Crippen molar-refractivity contribution in [2.75, 3.05) is 12.8 Å². The zero-order valence-corrected chi connectivity index (χ0v) is 19.2. The Labute approximate surface area is 195 Å². The first-order valence-electron chi connectivity index (χ1n) is 10.7. The molecule has 33 heavy (non-hydrogen) atoms. The molecule has 0 amide bonds. The van der Waals surface area contributed by atoms with Gasteiger partial charge in [-0.2, -0.15) is 0 Å². The number of methoxy groups -OCH3 is 1. The molecule has 1 fully saturated rings. The van der Waals surface area contributed by atoms with Gasteiger partial charge in [0.25, 0.3) is 0 Å². The number of anilines is 1. The summed E-state index contributed by atoms with van der Waals surface area (Å²) in [4.78, 5) is 21.5. The number of ether oxygens (including phenoxy) is 1. The topological polar surface area (TPSA) is 104 Å². The number of aromatic nitrogens is 2. The normalized spacial score (nSPS) is 22.9. The minimum Gasteiger partial charge on any atom is -0.389 e. The fourth-order valence-electron chi connectivity index (χ4n) is 4.81. The van der Waals surface area contributed by atoms with Crippen LogP contribution in [-0.4, -0.2) is 35.0 Å². The van der Waals surface area contributed by atoms with Crippen molar-refractivity contribution in [3.63, 3.8) is 0 Å². The zero-order valence-electron chi connectivity index (χ0n) is 18.4. The van der Waals surface area contributed by atoms with Crippen molar-refractivity contribution in [1.29, 1.82) is 0 Å². The number of benzene rings is 1. The summed E-state index contributed by atoms with van der Waals surface area (Å²) in [7, 11) is 1.68. The summed E-state index contributed by atoms with van der Waals surface area (Å²) in [6, 6.07) is 5.37. The average molecular weight is 473 g/mol. The molecule has 2 aromatic heterocycles. The summed E-state index contributed by atoms with van der Waals surface area (Å²) in [5.74, 6) is -1.40. The van der Waals surface area contributed by atoms with Gasteiger partial charge in [-0.3, -0.25) is 9.78 Å². The van der Waals surface area contributed by atoms with Gasteiger partial charge in [0, 0.05) is 32.0 Å². The van der Waals surface area contributed by atoms with E-state index in [1.807, 2.05) is 6.07 Å². The van der Waals surface area contributed by atoms with Crippen LogP contribution >= 0.6 is 11.3 Å². The van der Waals surface area contributed by atoms with Gasteiger partial charge >= 0.3 is 0 Å². The van der Waals surface area contributed by atoms with Crippen LogP contribution in [0, 0.1) is 17.6 Å². The lowest BCUT2D eigenvalue weighted by Crippen LogP contribution is -2.45.